The summed E-state index contributed by atoms with van der Waals surface area (Å²) in [5, 5.41) is 0. The van der Waals surface area contributed by atoms with E-state index in [1.807, 2.05) is 0 Å². The fourth-order valence-corrected chi connectivity index (χ4v) is 1.70. The van der Waals surface area contributed by atoms with Gasteiger partial charge in [0.25, 0.3) is 0 Å². The molecule has 1 aliphatic heterocycles. The zero-order valence-electron chi connectivity index (χ0n) is 9.28. The van der Waals surface area contributed by atoms with E-state index in [2.05, 4.69) is 4.90 Å². The van der Waals surface area contributed by atoms with Gasteiger partial charge in [-0.15, -0.1) is 11.6 Å². The van der Waals surface area contributed by atoms with Gasteiger partial charge < -0.3 is 14.2 Å². The lowest BCUT2D eigenvalue weighted by Gasteiger charge is -2.31. The van der Waals surface area contributed by atoms with E-state index in [4.69, 9.17) is 25.8 Å². The SMILES string of the molecule is COCCOCCN1CCOC(CCl)C1. The minimum atomic E-state index is 0.180. The highest BCUT2D eigenvalue weighted by Gasteiger charge is 2.18. The minimum absolute atomic E-state index is 0.180. The standard InChI is InChI=1S/C10H20ClNO3/c1-13-6-7-14-4-2-12-3-5-15-10(8-11)9-12/h10H,2-9H2,1H3. The van der Waals surface area contributed by atoms with Crippen molar-refractivity contribution < 1.29 is 14.2 Å². The first-order chi connectivity index (χ1) is 7.36. The van der Waals surface area contributed by atoms with Crippen molar-refractivity contribution in [1.29, 1.82) is 0 Å². The van der Waals surface area contributed by atoms with Crippen LogP contribution in [0.15, 0.2) is 0 Å². The molecular weight excluding hydrogens is 218 g/mol. The molecule has 1 aliphatic rings. The summed E-state index contributed by atoms with van der Waals surface area (Å²) in [4.78, 5) is 2.32. The quantitative estimate of drug-likeness (QED) is 0.479. The van der Waals surface area contributed by atoms with Crippen molar-refractivity contribution in [2.24, 2.45) is 0 Å². The molecule has 0 aromatic rings. The third kappa shape index (κ3) is 5.68. The lowest BCUT2D eigenvalue weighted by Crippen LogP contribution is -2.44. The van der Waals surface area contributed by atoms with Crippen LogP contribution in [-0.4, -0.2) is 70.1 Å². The summed E-state index contributed by atoms with van der Waals surface area (Å²) in [7, 11) is 1.68. The van der Waals surface area contributed by atoms with Crippen molar-refractivity contribution in [3.8, 4) is 0 Å². The number of methoxy groups -OCH3 is 1. The second-order valence-electron chi connectivity index (χ2n) is 3.55. The summed E-state index contributed by atoms with van der Waals surface area (Å²) >= 11 is 5.75. The zero-order chi connectivity index (χ0) is 10.9. The monoisotopic (exact) mass is 237 g/mol. The topological polar surface area (TPSA) is 30.9 Å². The van der Waals surface area contributed by atoms with E-state index in [1.165, 1.54) is 0 Å². The molecule has 0 aromatic heterocycles. The Labute approximate surface area is 96.4 Å². The Morgan fingerprint density at radius 1 is 1.40 bits per heavy atom. The Bertz CT molecular complexity index is 160. The number of hydrogen-bond acceptors (Lipinski definition) is 4. The fourth-order valence-electron chi connectivity index (χ4n) is 1.51. The van der Waals surface area contributed by atoms with Gasteiger partial charge in [-0.3, -0.25) is 4.90 Å². The van der Waals surface area contributed by atoms with Gasteiger partial charge in [0.15, 0.2) is 0 Å². The maximum absolute atomic E-state index is 5.75. The van der Waals surface area contributed by atoms with Gasteiger partial charge in [0, 0.05) is 32.6 Å². The van der Waals surface area contributed by atoms with E-state index >= 15 is 0 Å². The van der Waals surface area contributed by atoms with Crippen LogP contribution in [0.2, 0.25) is 0 Å². The molecule has 0 saturated carbocycles. The molecule has 0 spiro atoms. The molecule has 0 amide bonds. The molecule has 1 heterocycles. The van der Waals surface area contributed by atoms with Gasteiger partial charge in [-0.25, -0.2) is 0 Å². The van der Waals surface area contributed by atoms with Gasteiger partial charge in [-0.2, -0.15) is 0 Å². The maximum atomic E-state index is 5.75. The maximum Gasteiger partial charge on any atom is 0.0837 e. The molecule has 0 aliphatic carbocycles. The summed E-state index contributed by atoms with van der Waals surface area (Å²) in [6.07, 6.45) is 0.180. The summed E-state index contributed by atoms with van der Waals surface area (Å²) in [6, 6.07) is 0. The molecule has 0 bridgehead atoms. The normalized spacial score (nSPS) is 23.2. The number of morpholine rings is 1. The molecule has 90 valence electrons. The first-order valence-electron chi connectivity index (χ1n) is 5.33. The fraction of sp³-hybridized carbons (Fsp3) is 1.00. The molecule has 1 rings (SSSR count). The summed E-state index contributed by atoms with van der Waals surface area (Å²) in [6.45, 7) is 5.68. The molecule has 1 unspecified atom stereocenters. The predicted molar refractivity (Wildman–Crippen MR) is 59.6 cm³/mol. The number of hydrogen-bond donors (Lipinski definition) is 0. The number of halogens is 1. The summed E-state index contributed by atoms with van der Waals surface area (Å²) in [5.41, 5.74) is 0. The highest BCUT2D eigenvalue weighted by molar-refractivity contribution is 6.18. The highest BCUT2D eigenvalue weighted by atomic mass is 35.5. The minimum Gasteiger partial charge on any atom is -0.382 e. The number of ether oxygens (including phenoxy) is 3. The van der Waals surface area contributed by atoms with Crippen LogP contribution in [0.3, 0.4) is 0 Å². The lowest BCUT2D eigenvalue weighted by molar-refractivity contribution is -0.0276. The van der Waals surface area contributed by atoms with Crippen molar-refractivity contribution in [3.63, 3.8) is 0 Å². The van der Waals surface area contributed by atoms with Gasteiger partial charge >= 0.3 is 0 Å². The van der Waals surface area contributed by atoms with Crippen molar-refractivity contribution >= 4 is 11.6 Å². The van der Waals surface area contributed by atoms with Crippen molar-refractivity contribution in [1.82, 2.24) is 4.90 Å². The second-order valence-corrected chi connectivity index (χ2v) is 3.86. The van der Waals surface area contributed by atoms with Crippen LogP contribution in [0.4, 0.5) is 0 Å². The average molecular weight is 238 g/mol. The smallest absolute Gasteiger partial charge is 0.0837 e. The Morgan fingerprint density at radius 3 is 3.00 bits per heavy atom. The molecule has 15 heavy (non-hydrogen) atoms. The first kappa shape index (κ1) is 13.2. The van der Waals surface area contributed by atoms with Gasteiger partial charge in [-0.1, -0.05) is 0 Å². The third-order valence-electron chi connectivity index (χ3n) is 2.38. The van der Waals surface area contributed by atoms with Crippen LogP contribution in [0.5, 0.6) is 0 Å². The van der Waals surface area contributed by atoms with E-state index in [-0.39, 0.29) is 6.10 Å². The first-order valence-corrected chi connectivity index (χ1v) is 5.87. The lowest BCUT2D eigenvalue weighted by atomic mass is 10.3. The largest absolute Gasteiger partial charge is 0.382 e. The number of alkyl halides is 1. The number of rotatable bonds is 7. The molecule has 1 fully saturated rings. The Morgan fingerprint density at radius 2 is 2.27 bits per heavy atom. The molecule has 0 N–H and O–H groups in total. The van der Waals surface area contributed by atoms with E-state index in [0.29, 0.717) is 19.1 Å². The van der Waals surface area contributed by atoms with Crippen LogP contribution in [0, 0.1) is 0 Å². The van der Waals surface area contributed by atoms with Crippen molar-refractivity contribution in [2.75, 3.05) is 59.1 Å². The molecule has 1 saturated heterocycles. The molecule has 1 atom stereocenters. The molecular formula is C10H20ClNO3. The van der Waals surface area contributed by atoms with Crippen LogP contribution in [0.25, 0.3) is 0 Å². The molecule has 4 nitrogen and oxygen atoms in total. The Kier molecular flexibility index (Phi) is 7.30. The van der Waals surface area contributed by atoms with Crippen molar-refractivity contribution in [2.45, 2.75) is 6.10 Å². The van der Waals surface area contributed by atoms with E-state index < -0.39 is 0 Å². The van der Waals surface area contributed by atoms with Crippen molar-refractivity contribution in [3.05, 3.63) is 0 Å². The van der Waals surface area contributed by atoms with Crippen LogP contribution < -0.4 is 0 Å². The van der Waals surface area contributed by atoms with Crippen LogP contribution in [0.1, 0.15) is 0 Å². The van der Waals surface area contributed by atoms with Crippen LogP contribution >= 0.6 is 11.6 Å². The summed E-state index contributed by atoms with van der Waals surface area (Å²) < 4.78 is 15.8. The Hall–Kier alpha value is 0.130. The average Bonchev–Trinajstić information content (AvgIpc) is 2.29. The van der Waals surface area contributed by atoms with Crippen LogP contribution in [-0.2, 0) is 14.2 Å². The van der Waals surface area contributed by atoms with Gasteiger partial charge in [0.1, 0.15) is 0 Å². The number of nitrogens with zero attached hydrogens (tertiary/aromatic N) is 1. The zero-order valence-corrected chi connectivity index (χ0v) is 10.0. The third-order valence-corrected chi connectivity index (χ3v) is 2.72. The Balaban J connectivity index is 2.00. The van der Waals surface area contributed by atoms with Gasteiger partial charge in [0.2, 0.25) is 0 Å². The van der Waals surface area contributed by atoms with Gasteiger partial charge in [-0.05, 0) is 0 Å². The highest BCUT2D eigenvalue weighted by Crippen LogP contribution is 2.05. The predicted octanol–water partition coefficient (Wildman–Crippen LogP) is 0.589. The van der Waals surface area contributed by atoms with E-state index in [0.717, 1.165) is 32.8 Å². The van der Waals surface area contributed by atoms with E-state index in [1.54, 1.807) is 7.11 Å². The summed E-state index contributed by atoms with van der Waals surface area (Å²) in [5.74, 6) is 0.570. The second kappa shape index (κ2) is 8.30. The molecule has 0 aromatic carbocycles. The molecule has 5 heteroatoms. The van der Waals surface area contributed by atoms with Gasteiger partial charge in [0.05, 0.1) is 32.5 Å². The van der Waals surface area contributed by atoms with E-state index in [9.17, 15) is 0 Å². The molecule has 0 radical (unpaired) electrons.